The fourth-order valence-corrected chi connectivity index (χ4v) is 4.36. The maximum absolute atomic E-state index is 6.34. The Morgan fingerprint density at radius 2 is 1.77 bits per heavy atom. The molecule has 0 radical (unpaired) electrons. The van der Waals surface area contributed by atoms with Gasteiger partial charge in [-0.2, -0.15) is 0 Å². The van der Waals surface area contributed by atoms with E-state index in [1.54, 1.807) is 0 Å². The van der Waals surface area contributed by atoms with E-state index in [2.05, 4.69) is 48.0 Å². The van der Waals surface area contributed by atoms with Crippen LogP contribution < -0.4 is 21.3 Å². The topological polar surface area (TPSA) is 74.5 Å². The summed E-state index contributed by atoms with van der Waals surface area (Å²) >= 11 is 5.40. The first kappa shape index (κ1) is 22.8. The molecule has 0 fully saturated rings. The van der Waals surface area contributed by atoms with Crippen LogP contribution >= 0.6 is 12.2 Å². The lowest BCUT2D eigenvalue weighted by Crippen LogP contribution is -2.30. The molecule has 0 amide bonds. The van der Waals surface area contributed by atoms with Gasteiger partial charge >= 0.3 is 0 Å². The van der Waals surface area contributed by atoms with Gasteiger partial charge in [0.25, 0.3) is 0 Å². The molecule has 0 bridgehead atoms. The number of nitrogens with one attached hydrogen (secondary N) is 3. The summed E-state index contributed by atoms with van der Waals surface area (Å²) < 4.78 is 6.34. The number of rotatable bonds is 6. The van der Waals surface area contributed by atoms with Gasteiger partial charge in [-0.3, -0.25) is 4.99 Å². The molecule has 7 heteroatoms. The van der Waals surface area contributed by atoms with Crippen molar-refractivity contribution in [2.24, 2.45) is 4.99 Å². The number of fused-ring (bicyclic) bond motifs is 4. The van der Waals surface area contributed by atoms with E-state index in [-0.39, 0.29) is 0 Å². The van der Waals surface area contributed by atoms with E-state index in [9.17, 15) is 0 Å². The Morgan fingerprint density at radius 1 is 1.00 bits per heavy atom. The molecule has 6 nitrogen and oxygen atoms in total. The molecule has 0 aromatic heterocycles. The summed E-state index contributed by atoms with van der Waals surface area (Å²) in [6, 6.07) is 24.1. The average Bonchev–Trinajstić information content (AvgIpc) is 2.87. The van der Waals surface area contributed by atoms with Gasteiger partial charge < -0.3 is 20.4 Å². The van der Waals surface area contributed by atoms with Crippen LogP contribution in [0, 0.1) is 6.92 Å². The standard InChI is InChI=1S/C28H27N5OS/c1-3-29-22-16-25-24(15-18(22)2)33-27-21-12-8-7-11-20(21)23(17-26(27)34-25)30-13-14-31-28(35)32-19-9-5-4-6-10-19/h4-12,15-17,29H,3,13-14H2,1-2H3,(H2,31,32,35). The molecule has 1 aliphatic heterocycles. The number of aryl methyl sites for hydroxylation is 1. The second-order valence-corrected chi connectivity index (χ2v) is 8.70. The van der Waals surface area contributed by atoms with Crippen molar-refractivity contribution < 1.29 is 4.42 Å². The first-order valence-electron chi connectivity index (χ1n) is 11.7. The number of nitrogens with zero attached hydrogens (tertiary/aromatic N) is 2. The van der Waals surface area contributed by atoms with E-state index in [4.69, 9.17) is 26.6 Å². The van der Waals surface area contributed by atoms with Crippen molar-refractivity contribution in [1.82, 2.24) is 10.3 Å². The Hall–Kier alpha value is -3.97. The number of aromatic nitrogens is 1. The summed E-state index contributed by atoms with van der Waals surface area (Å²) in [5.74, 6) is 0.718. The summed E-state index contributed by atoms with van der Waals surface area (Å²) in [5.41, 5.74) is 5.59. The van der Waals surface area contributed by atoms with Gasteiger partial charge in [0.2, 0.25) is 0 Å². The molecule has 3 N–H and O–H groups in total. The van der Waals surface area contributed by atoms with Crippen LogP contribution in [0.1, 0.15) is 12.5 Å². The zero-order valence-corrected chi connectivity index (χ0v) is 20.6. The Kier molecular flexibility index (Phi) is 6.59. The zero-order chi connectivity index (χ0) is 24.2. The minimum Gasteiger partial charge on any atom is -0.453 e. The zero-order valence-electron chi connectivity index (χ0n) is 19.8. The first-order valence-corrected chi connectivity index (χ1v) is 12.1. The van der Waals surface area contributed by atoms with Gasteiger partial charge in [0.1, 0.15) is 11.2 Å². The van der Waals surface area contributed by atoms with Gasteiger partial charge in [0.15, 0.2) is 16.5 Å². The Balaban J connectivity index is 1.45. The quantitative estimate of drug-likeness (QED) is 0.125. The number of hydrogen-bond donors (Lipinski definition) is 3. The van der Waals surface area contributed by atoms with Gasteiger partial charge in [-0.15, -0.1) is 0 Å². The average molecular weight is 482 g/mol. The van der Waals surface area contributed by atoms with Crippen molar-refractivity contribution in [3.63, 3.8) is 0 Å². The van der Waals surface area contributed by atoms with E-state index >= 15 is 0 Å². The van der Waals surface area contributed by atoms with Crippen LogP contribution in [-0.4, -0.2) is 29.7 Å². The number of benzene rings is 4. The fraction of sp³-hybridized carbons (Fsp3) is 0.179. The predicted molar refractivity (Wildman–Crippen MR) is 148 cm³/mol. The maximum Gasteiger partial charge on any atom is 0.170 e. The molecule has 1 heterocycles. The lowest BCUT2D eigenvalue weighted by Gasteiger charge is -2.13. The highest BCUT2D eigenvalue weighted by atomic mass is 32.1. The Morgan fingerprint density at radius 3 is 2.57 bits per heavy atom. The smallest absolute Gasteiger partial charge is 0.170 e. The van der Waals surface area contributed by atoms with Crippen LogP contribution in [0.3, 0.4) is 0 Å². The van der Waals surface area contributed by atoms with Crippen molar-refractivity contribution in [3.05, 3.63) is 83.7 Å². The first-order chi connectivity index (χ1) is 17.1. The SMILES string of the molecule is CCNc1cc2oc3cc(=NCCNC(=S)Nc4ccccc4)c4ccccc4c-3nc2cc1C. The summed E-state index contributed by atoms with van der Waals surface area (Å²) in [6.07, 6.45) is 0. The molecule has 0 saturated heterocycles. The fourth-order valence-electron chi connectivity index (χ4n) is 4.14. The van der Waals surface area contributed by atoms with Crippen LogP contribution in [0.25, 0.3) is 33.3 Å². The third-order valence-electron chi connectivity index (χ3n) is 5.80. The third kappa shape index (κ3) is 4.95. The monoisotopic (exact) mass is 481 g/mol. The van der Waals surface area contributed by atoms with Crippen molar-refractivity contribution in [2.75, 3.05) is 30.3 Å². The van der Waals surface area contributed by atoms with Crippen molar-refractivity contribution in [1.29, 1.82) is 0 Å². The summed E-state index contributed by atoms with van der Waals surface area (Å²) in [6.45, 7) is 6.19. The predicted octanol–water partition coefficient (Wildman–Crippen LogP) is 5.71. The molecule has 0 saturated carbocycles. The highest BCUT2D eigenvalue weighted by molar-refractivity contribution is 7.80. The van der Waals surface area contributed by atoms with Gasteiger partial charge in [-0.05, 0) is 49.8 Å². The normalized spacial score (nSPS) is 11.8. The van der Waals surface area contributed by atoms with E-state index < -0.39 is 0 Å². The van der Waals surface area contributed by atoms with Crippen LogP contribution in [-0.2, 0) is 0 Å². The molecule has 176 valence electrons. The second kappa shape index (κ2) is 10.1. The van der Waals surface area contributed by atoms with Crippen molar-refractivity contribution >= 4 is 50.6 Å². The largest absolute Gasteiger partial charge is 0.453 e. The molecule has 0 unspecified atom stereocenters. The van der Waals surface area contributed by atoms with Crippen LogP contribution in [0.4, 0.5) is 11.4 Å². The second-order valence-electron chi connectivity index (χ2n) is 8.30. The lowest BCUT2D eigenvalue weighted by atomic mass is 10.0. The molecule has 0 atom stereocenters. The molecular formula is C28H27N5OS. The van der Waals surface area contributed by atoms with E-state index in [1.807, 2.05) is 54.6 Å². The highest BCUT2D eigenvalue weighted by Crippen LogP contribution is 2.32. The minimum absolute atomic E-state index is 0.566. The highest BCUT2D eigenvalue weighted by Gasteiger charge is 2.15. The Bertz CT molecular complexity index is 1540. The van der Waals surface area contributed by atoms with Gasteiger partial charge in [0, 0.05) is 47.4 Å². The molecule has 2 aliphatic rings. The van der Waals surface area contributed by atoms with Gasteiger partial charge in [0.05, 0.1) is 11.9 Å². The number of para-hydroxylation sites is 1. The molecule has 5 rings (SSSR count). The lowest BCUT2D eigenvalue weighted by molar-refractivity contribution is 0.613. The number of hydrogen-bond acceptors (Lipinski definition) is 5. The molecule has 0 spiro atoms. The summed E-state index contributed by atoms with van der Waals surface area (Å²) in [5, 5.41) is 13.3. The number of anilines is 2. The molecule has 35 heavy (non-hydrogen) atoms. The third-order valence-corrected chi connectivity index (χ3v) is 6.04. The van der Waals surface area contributed by atoms with Crippen LogP contribution in [0.5, 0.6) is 0 Å². The molecular weight excluding hydrogens is 454 g/mol. The van der Waals surface area contributed by atoms with Gasteiger partial charge in [-0.1, -0.05) is 42.5 Å². The maximum atomic E-state index is 6.34. The van der Waals surface area contributed by atoms with E-state index in [1.165, 1.54) is 0 Å². The van der Waals surface area contributed by atoms with Crippen molar-refractivity contribution in [3.8, 4) is 11.5 Å². The molecule has 3 aromatic carbocycles. The minimum atomic E-state index is 0.566. The van der Waals surface area contributed by atoms with Crippen LogP contribution in [0.2, 0.25) is 0 Å². The number of thiocarbonyl (C=S) groups is 1. The van der Waals surface area contributed by atoms with Crippen molar-refractivity contribution in [2.45, 2.75) is 13.8 Å². The van der Waals surface area contributed by atoms with Crippen LogP contribution in [0.15, 0.2) is 82.2 Å². The van der Waals surface area contributed by atoms with E-state index in [0.717, 1.165) is 62.2 Å². The van der Waals surface area contributed by atoms with Gasteiger partial charge in [-0.25, -0.2) is 4.98 Å². The summed E-state index contributed by atoms with van der Waals surface area (Å²) in [4.78, 5) is 9.82. The molecule has 3 aromatic rings. The summed E-state index contributed by atoms with van der Waals surface area (Å²) in [7, 11) is 0. The van der Waals surface area contributed by atoms with E-state index in [0.29, 0.717) is 18.2 Å². The molecule has 1 aliphatic carbocycles. The Labute approximate surface area is 209 Å².